The molecule has 1 aromatic carbocycles. The number of primary amides is 1. The first-order chi connectivity index (χ1) is 9.47. The van der Waals surface area contributed by atoms with Crippen molar-refractivity contribution < 1.29 is 4.79 Å². The van der Waals surface area contributed by atoms with Crippen LogP contribution < -0.4 is 11.1 Å². The van der Waals surface area contributed by atoms with E-state index in [2.05, 4.69) is 24.2 Å². The second-order valence-electron chi connectivity index (χ2n) is 5.66. The van der Waals surface area contributed by atoms with Gasteiger partial charge in [0.15, 0.2) is 0 Å². The number of rotatable bonds is 4. The van der Waals surface area contributed by atoms with Gasteiger partial charge in [0, 0.05) is 18.3 Å². The fraction of sp³-hybridized carbons (Fsp3) is 0.533. The molecule has 1 amide bonds. The maximum Gasteiger partial charge on any atom is 0.250 e. The Labute approximate surface area is 125 Å². The molecule has 1 saturated heterocycles. The maximum absolute atomic E-state index is 11.3. The predicted octanol–water partition coefficient (Wildman–Crippen LogP) is 2.58. The van der Waals surface area contributed by atoms with Crippen molar-refractivity contribution in [2.75, 3.05) is 25.5 Å². The smallest absolute Gasteiger partial charge is 0.250 e. The molecule has 1 aliphatic rings. The van der Waals surface area contributed by atoms with Crippen molar-refractivity contribution in [3.8, 4) is 0 Å². The molecule has 1 fully saturated rings. The summed E-state index contributed by atoms with van der Waals surface area (Å²) in [7, 11) is 2.16. The minimum absolute atomic E-state index is 0.347. The van der Waals surface area contributed by atoms with Crippen LogP contribution in [0.3, 0.4) is 0 Å². The zero-order valence-corrected chi connectivity index (χ0v) is 12.8. The van der Waals surface area contributed by atoms with Gasteiger partial charge in [-0.1, -0.05) is 11.6 Å². The standard InChI is InChI=1S/C15H22ClN3O/c1-10(11-4-3-7-19(2)9-11)18-12-5-6-14(16)13(8-12)15(17)20/h5-6,8,10-11,18H,3-4,7,9H2,1-2H3,(H2,17,20). The molecule has 1 aromatic rings. The minimum Gasteiger partial charge on any atom is -0.382 e. The Morgan fingerprint density at radius 1 is 1.55 bits per heavy atom. The summed E-state index contributed by atoms with van der Waals surface area (Å²) in [5, 5.41) is 3.86. The lowest BCUT2D eigenvalue weighted by molar-refractivity contribution is 0.100. The van der Waals surface area contributed by atoms with Crippen LogP contribution in [0.5, 0.6) is 0 Å². The summed E-state index contributed by atoms with van der Waals surface area (Å²) in [6.07, 6.45) is 2.47. The van der Waals surface area contributed by atoms with E-state index in [1.807, 2.05) is 6.07 Å². The van der Waals surface area contributed by atoms with E-state index in [-0.39, 0.29) is 0 Å². The summed E-state index contributed by atoms with van der Waals surface area (Å²) < 4.78 is 0. The van der Waals surface area contributed by atoms with E-state index in [1.54, 1.807) is 12.1 Å². The summed E-state index contributed by atoms with van der Waals surface area (Å²) in [6.45, 7) is 4.46. The third-order valence-corrected chi connectivity index (χ3v) is 4.32. The van der Waals surface area contributed by atoms with Gasteiger partial charge in [0.25, 0.3) is 0 Å². The summed E-state index contributed by atoms with van der Waals surface area (Å²) >= 11 is 5.96. The number of nitrogens with zero attached hydrogens (tertiary/aromatic N) is 1. The van der Waals surface area contributed by atoms with Crippen molar-refractivity contribution in [2.45, 2.75) is 25.8 Å². The highest BCUT2D eigenvalue weighted by atomic mass is 35.5. The van der Waals surface area contributed by atoms with Gasteiger partial charge in [-0.2, -0.15) is 0 Å². The topological polar surface area (TPSA) is 58.4 Å². The predicted molar refractivity (Wildman–Crippen MR) is 83.3 cm³/mol. The summed E-state index contributed by atoms with van der Waals surface area (Å²) in [5.41, 5.74) is 6.58. The number of likely N-dealkylation sites (tertiary alicyclic amines) is 1. The molecule has 5 heteroatoms. The number of halogens is 1. The fourth-order valence-electron chi connectivity index (χ4n) is 2.80. The zero-order valence-electron chi connectivity index (χ0n) is 12.0. The molecule has 0 spiro atoms. The first kappa shape index (κ1) is 15.1. The Morgan fingerprint density at radius 3 is 2.95 bits per heavy atom. The van der Waals surface area contributed by atoms with Crippen LogP contribution >= 0.6 is 11.6 Å². The average molecular weight is 296 g/mol. The van der Waals surface area contributed by atoms with Gasteiger partial charge >= 0.3 is 0 Å². The number of benzene rings is 1. The lowest BCUT2D eigenvalue weighted by Crippen LogP contribution is -2.39. The van der Waals surface area contributed by atoms with Crippen molar-refractivity contribution in [1.29, 1.82) is 0 Å². The number of nitrogens with one attached hydrogen (secondary N) is 1. The maximum atomic E-state index is 11.3. The summed E-state index contributed by atoms with van der Waals surface area (Å²) in [5.74, 6) is 0.116. The first-order valence-corrected chi connectivity index (χ1v) is 7.39. The van der Waals surface area contributed by atoms with Crippen molar-refractivity contribution in [3.05, 3.63) is 28.8 Å². The molecule has 0 aliphatic carbocycles. The van der Waals surface area contributed by atoms with Crippen molar-refractivity contribution in [1.82, 2.24) is 4.90 Å². The van der Waals surface area contributed by atoms with E-state index in [0.717, 1.165) is 12.2 Å². The largest absolute Gasteiger partial charge is 0.382 e. The Bertz CT molecular complexity index is 492. The van der Waals surface area contributed by atoms with E-state index in [4.69, 9.17) is 17.3 Å². The second-order valence-corrected chi connectivity index (χ2v) is 6.06. The number of carbonyl (C=O) groups is 1. The Kier molecular flexibility index (Phi) is 4.89. The van der Waals surface area contributed by atoms with Crippen molar-refractivity contribution in [2.24, 2.45) is 11.7 Å². The monoisotopic (exact) mass is 295 g/mol. The Balaban J connectivity index is 2.05. The molecule has 3 N–H and O–H groups in total. The molecule has 2 rings (SSSR count). The molecule has 0 radical (unpaired) electrons. The summed E-state index contributed by atoms with van der Waals surface area (Å²) in [4.78, 5) is 13.7. The average Bonchev–Trinajstić information content (AvgIpc) is 2.40. The zero-order chi connectivity index (χ0) is 14.7. The number of hydrogen-bond donors (Lipinski definition) is 2. The van der Waals surface area contributed by atoms with Crippen LogP contribution in [0.4, 0.5) is 5.69 Å². The van der Waals surface area contributed by atoms with Crippen LogP contribution in [-0.4, -0.2) is 37.0 Å². The number of anilines is 1. The van der Waals surface area contributed by atoms with Gasteiger partial charge in [0.05, 0.1) is 10.6 Å². The first-order valence-electron chi connectivity index (χ1n) is 7.02. The van der Waals surface area contributed by atoms with E-state index in [0.29, 0.717) is 22.5 Å². The third-order valence-electron chi connectivity index (χ3n) is 3.99. The van der Waals surface area contributed by atoms with Gasteiger partial charge in [-0.3, -0.25) is 4.79 Å². The molecular formula is C15H22ClN3O. The molecule has 0 bridgehead atoms. The van der Waals surface area contributed by atoms with E-state index < -0.39 is 5.91 Å². The van der Waals surface area contributed by atoms with Crippen LogP contribution in [0.2, 0.25) is 5.02 Å². The third kappa shape index (κ3) is 3.64. The van der Waals surface area contributed by atoms with Gasteiger partial charge in [-0.05, 0) is 57.5 Å². The Morgan fingerprint density at radius 2 is 2.30 bits per heavy atom. The number of carbonyl (C=O) groups excluding carboxylic acids is 1. The number of nitrogens with two attached hydrogens (primary N) is 1. The highest BCUT2D eigenvalue weighted by Crippen LogP contribution is 2.24. The molecule has 20 heavy (non-hydrogen) atoms. The van der Waals surface area contributed by atoms with E-state index >= 15 is 0 Å². The quantitative estimate of drug-likeness (QED) is 0.897. The van der Waals surface area contributed by atoms with Crippen LogP contribution in [0.25, 0.3) is 0 Å². The molecule has 0 saturated carbocycles. The number of amides is 1. The second kappa shape index (κ2) is 6.46. The highest BCUT2D eigenvalue weighted by molar-refractivity contribution is 6.33. The lowest BCUT2D eigenvalue weighted by Gasteiger charge is -2.34. The van der Waals surface area contributed by atoms with Crippen molar-refractivity contribution >= 4 is 23.2 Å². The molecule has 1 heterocycles. The lowest BCUT2D eigenvalue weighted by atomic mass is 9.91. The highest BCUT2D eigenvalue weighted by Gasteiger charge is 2.22. The SMILES string of the molecule is CC(Nc1ccc(Cl)c(C(N)=O)c1)C1CCCN(C)C1. The van der Waals surface area contributed by atoms with E-state index in [1.165, 1.54) is 19.4 Å². The molecule has 4 nitrogen and oxygen atoms in total. The van der Waals surface area contributed by atoms with Crippen LogP contribution in [0, 0.1) is 5.92 Å². The fourth-order valence-corrected chi connectivity index (χ4v) is 3.01. The van der Waals surface area contributed by atoms with Gasteiger partial charge < -0.3 is 16.0 Å². The van der Waals surface area contributed by atoms with Gasteiger partial charge in [0.1, 0.15) is 0 Å². The normalized spacial score (nSPS) is 21.4. The van der Waals surface area contributed by atoms with Gasteiger partial charge in [0.2, 0.25) is 5.91 Å². The minimum atomic E-state index is -0.497. The molecule has 0 aromatic heterocycles. The Hall–Kier alpha value is -1.26. The van der Waals surface area contributed by atoms with Gasteiger partial charge in [-0.25, -0.2) is 0 Å². The van der Waals surface area contributed by atoms with E-state index in [9.17, 15) is 4.79 Å². The molecular weight excluding hydrogens is 274 g/mol. The molecule has 2 unspecified atom stereocenters. The van der Waals surface area contributed by atoms with Crippen LogP contribution in [0.1, 0.15) is 30.1 Å². The molecule has 2 atom stereocenters. The molecule has 110 valence electrons. The van der Waals surface area contributed by atoms with Gasteiger partial charge in [-0.15, -0.1) is 0 Å². The number of piperidine rings is 1. The van der Waals surface area contributed by atoms with Crippen molar-refractivity contribution in [3.63, 3.8) is 0 Å². The van der Waals surface area contributed by atoms with Crippen LogP contribution in [-0.2, 0) is 0 Å². The summed E-state index contributed by atoms with van der Waals surface area (Å²) in [6, 6.07) is 5.68. The van der Waals surface area contributed by atoms with Crippen LogP contribution in [0.15, 0.2) is 18.2 Å². The molecule has 1 aliphatic heterocycles. The number of hydrogen-bond acceptors (Lipinski definition) is 3.